The van der Waals surface area contributed by atoms with Crippen LogP contribution in [0, 0.1) is 0 Å². The number of hydrogen-bond acceptors (Lipinski definition) is 4. The van der Waals surface area contributed by atoms with Gasteiger partial charge in [0.2, 0.25) is 0 Å². The summed E-state index contributed by atoms with van der Waals surface area (Å²) in [6, 6.07) is 3.58. The van der Waals surface area contributed by atoms with Gasteiger partial charge in [-0.25, -0.2) is 0 Å². The lowest BCUT2D eigenvalue weighted by atomic mass is 9.64. The van der Waals surface area contributed by atoms with E-state index in [1.807, 2.05) is 6.07 Å². The highest BCUT2D eigenvalue weighted by Gasteiger charge is 2.48. The van der Waals surface area contributed by atoms with Crippen molar-refractivity contribution in [2.45, 2.75) is 31.3 Å². The first kappa shape index (κ1) is 14.7. The van der Waals surface area contributed by atoms with E-state index in [2.05, 4.69) is 0 Å². The van der Waals surface area contributed by atoms with Crippen molar-refractivity contribution in [3.8, 4) is 11.5 Å². The van der Waals surface area contributed by atoms with Gasteiger partial charge < -0.3 is 19.3 Å². The number of benzene rings is 1. The number of methoxy groups -OCH3 is 3. The van der Waals surface area contributed by atoms with Gasteiger partial charge in [-0.05, 0) is 18.9 Å². The van der Waals surface area contributed by atoms with Gasteiger partial charge in [-0.3, -0.25) is 4.79 Å². The molecule has 0 aromatic heterocycles. The molecule has 110 valence electrons. The van der Waals surface area contributed by atoms with Crippen molar-refractivity contribution in [3.63, 3.8) is 0 Å². The SMILES string of the molecule is COCc1cc(C2(C(=O)O)CCC2)c(OC)cc1OC. The van der Waals surface area contributed by atoms with Crippen molar-refractivity contribution < 1.29 is 24.1 Å². The molecule has 0 unspecified atom stereocenters. The molecule has 0 bridgehead atoms. The summed E-state index contributed by atoms with van der Waals surface area (Å²) in [5.74, 6) is 0.409. The molecule has 0 aliphatic heterocycles. The van der Waals surface area contributed by atoms with Crippen LogP contribution >= 0.6 is 0 Å². The van der Waals surface area contributed by atoms with Crippen LogP contribution in [-0.2, 0) is 21.6 Å². The third-order valence-corrected chi connectivity index (χ3v) is 4.03. The van der Waals surface area contributed by atoms with Gasteiger partial charge in [0, 0.05) is 24.3 Å². The van der Waals surface area contributed by atoms with Gasteiger partial charge in [-0.2, -0.15) is 0 Å². The summed E-state index contributed by atoms with van der Waals surface area (Å²) >= 11 is 0. The molecule has 1 aromatic carbocycles. The molecule has 20 heavy (non-hydrogen) atoms. The van der Waals surface area contributed by atoms with Crippen molar-refractivity contribution in [1.29, 1.82) is 0 Å². The number of rotatable bonds is 6. The lowest BCUT2D eigenvalue weighted by molar-refractivity contribution is -0.147. The molecule has 5 nitrogen and oxygen atoms in total. The zero-order valence-corrected chi connectivity index (χ0v) is 12.1. The minimum atomic E-state index is -0.833. The summed E-state index contributed by atoms with van der Waals surface area (Å²) < 4.78 is 15.8. The van der Waals surface area contributed by atoms with E-state index in [1.54, 1.807) is 27.4 Å². The third-order valence-electron chi connectivity index (χ3n) is 4.03. The van der Waals surface area contributed by atoms with E-state index >= 15 is 0 Å². The zero-order chi connectivity index (χ0) is 14.8. The predicted molar refractivity (Wildman–Crippen MR) is 73.4 cm³/mol. The number of carboxylic acids is 1. The Morgan fingerprint density at radius 2 is 1.85 bits per heavy atom. The third kappa shape index (κ3) is 2.22. The Kier molecular flexibility index (Phi) is 4.18. The average molecular weight is 280 g/mol. The number of carbonyl (C=O) groups is 1. The van der Waals surface area contributed by atoms with E-state index in [1.165, 1.54) is 0 Å². The first-order chi connectivity index (χ1) is 9.58. The van der Waals surface area contributed by atoms with E-state index < -0.39 is 11.4 Å². The van der Waals surface area contributed by atoms with E-state index in [9.17, 15) is 9.90 Å². The summed E-state index contributed by atoms with van der Waals surface area (Å²) in [5.41, 5.74) is 0.713. The molecule has 0 spiro atoms. The second-order valence-electron chi connectivity index (χ2n) is 5.04. The van der Waals surface area contributed by atoms with Gasteiger partial charge in [0.05, 0.1) is 26.2 Å². The highest BCUT2D eigenvalue weighted by atomic mass is 16.5. The maximum absolute atomic E-state index is 11.7. The first-order valence-electron chi connectivity index (χ1n) is 6.56. The monoisotopic (exact) mass is 280 g/mol. The molecule has 1 aromatic rings. The Hall–Kier alpha value is -1.75. The molecule has 1 aliphatic carbocycles. The van der Waals surface area contributed by atoms with Crippen molar-refractivity contribution in [2.24, 2.45) is 0 Å². The molecular weight excluding hydrogens is 260 g/mol. The van der Waals surface area contributed by atoms with Crippen molar-refractivity contribution in [1.82, 2.24) is 0 Å². The number of ether oxygens (including phenoxy) is 3. The number of aliphatic carboxylic acids is 1. The molecule has 1 fully saturated rings. The lowest BCUT2D eigenvalue weighted by Crippen LogP contribution is -2.42. The lowest BCUT2D eigenvalue weighted by Gasteiger charge is -2.39. The fourth-order valence-corrected chi connectivity index (χ4v) is 2.74. The first-order valence-corrected chi connectivity index (χ1v) is 6.56. The molecule has 5 heteroatoms. The molecule has 0 heterocycles. The zero-order valence-electron chi connectivity index (χ0n) is 12.1. The maximum atomic E-state index is 11.7. The minimum absolute atomic E-state index is 0.371. The van der Waals surface area contributed by atoms with Gasteiger partial charge in [-0.1, -0.05) is 6.42 Å². The Balaban J connectivity index is 2.56. The van der Waals surface area contributed by atoms with Gasteiger partial charge in [-0.15, -0.1) is 0 Å². The molecule has 1 N–H and O–H groups in total. The normalized spacial score (nSPS) is 16.4. The van der Waals surface area contributed by atoms with Crippen molar-refractivity contribution in [3.05, 3.63) is 23.3 Å². The molecular formula is C15H20O5. The highest BCUT2D eigenvalue weighted by molar-refractivity contribution is 5.84. The fraction of sp³-hybridized carbons (Fsp3) is 0.533. The van der Waals surface area contributed by atoms with E-state index in [0.717, 1.165) is 12.0 Å². The van der Waals surface area contributed by atoms with Crippen LogP contribution in [-0.4, -0.2) is 32.4 Å². The molecule has 0 amide bonds. The van der Waals surface area contributed by atoms with Crippen LogP contribution in [0.15, 0.2) is 12.1 Å². The Labute approximate surface area is 118 Å². The number of carboxylic acid groups (broad SMARTS) is 1. The fourth-order valence-electron chi connectivity index (χ4n) is 2.74. The average Bonchev–Trinajstić information content (AvgIpc) is 2.37. The quantitative estimate of drug-likeness (QED) is 0.866. The van der Waals surface area contributed by atoms with Gasteiger partial charge >= 0.3 is 5.97 Å². The smallest absolute Gasteiger partial charge is 0.314 e. The van der Waals surface area contributed by atoms with Crippen LogP contribution in [0.4, 0.5) is 0 Å². The summed E-state index contributed by atoms with van der Waals surface area (Å²) in [4.78, 5) is 11.7. The number of hydrogen-bond donors (Lipinski definition) is 1. The van der Waals surface area contributed by atoms with Crippen LogP contribution in [0.5, 0.6) is 11.5 Å². The second-order valence-corrected chi connectivity index (χ2v) is 5.04. The Morgan fingerprint density at radius 3 is 2.25 bits per heavy atom. The van der Waals surface area contributed by atoms with Crippen LogP contribution in [0.1, 0.15) is 30.4 Å². The summed E-state index contributed by atoms with van der Waals surface area (Å²) in [6.07, 6.45) is 2.19. The minimum Gasteiger partial charge on any atom is -0.496 e. The molecule has 0 atom stereocenters. The molecule has 2 rings (SSSR count). The molecule has 1 saturated carbocycles. The van der Waals surface area contributed by atoms with Gasteiger partial charge in [0.15, 0.2) is 0 Å². The van der Waals surface area contributed by atoms with E-state index in [-0.39, 0.29) is 0 Å². The molecule has 0 radical (unpaired) electrons. The van der Waals surface area contributed by atoms with Crippen LogP contribution in [0.2, 0.25) is 0 Å². The standard InChI is InChI=1S/C15H20O5/c1-18-9-10-7-11(13(20-3)8-12(10)19-2)15(14(16)17)5-4-6-15/h7-8H,4-6,9H2,1-3H3,(H,16,17). The largest absolute Gasteiger partial charge is 0.496 e. The Morgan fingerprint density at radius 1 is 1.20 bits per heavy atom. The Bertz CT molecular complexity index is 505. The van der Waals surface area contributed by atoms with Crippen molar-refractivity contribution >= 4 is 5.97 Å². The predicted octanol–water partition coefficient (Wildman–Crippen LogP) is 2.36. The van der Waals surface area contributed by atoms with Crippen molar-refractivity contribution in [2.75, 3.05) is 21.3 Å². The highest BCUT2D eigenvalue weighted by Crippen LogP contribution is 2.48. The van der Waals surface area contributed by atoms with Crippen LogP contribution < -0.4 is 9.47 Å². The summed E-state index contributed by atoms with van der Waals surface area (Å²) in [6.45, 7) is 0.371. The second kappa shape index (κ2) is 5.71. The molecule has 1 aliphatic rings. The van der Waals surface area contributed by atoms with E-state index in [4.69, 9.17) is 14.2 Å². The molecule has 0 saturated heterocycles. The van der Waals surface area contributed by atoms with E-state index in [0.29, 0.717) is 36.5 Å². The van der Waals surface area contributed by atoms with Gasteiger partial charge in [0.1, 0.15) is 11.5 Å². The van der Waals surface area contributed by atoms with Crippen LogP contribution in [0.3, 0.4) is 0 Å². The maximum Gasteiger partial charge on any atom is 0.314 e. The summed E-state index contributed by atoms with van der Waals surface area (Å²) in [7, 11) is 4.71. The van der Waals surface area contributed by atoms with Crippen LogP contribution in [0.25, 0.3) is 0 Å². The van der Waals surface area contributed by atoms with Gasteiger partial charge in [0.25, 0.3) is 0 Å². The summed E-state index contributed by atoms with van der Waals surface area (Å²) in [5, 5.41) is 9.59. The topological polar surface area (TPSA) is 65.0 Å².